The molecule has 1 saturated heterocycles. The molecule has 19 heavy (non-hydrogen) atoms. The van der Waals surface area contributed by atoms with Crippen molar-refractivity contribution < 1.29 is 19.4 Å². The Hall–Kier alpha value is -1.73. The molecule has 100 valence electrons. The number of ether oxygens (including phenoxy) is 1. The highest BCUT2D eigenvalue weighted by molar-refractivity contribution is 7.13. The van der Waals surface area contributed by atoms with E-state index in [1.54, 1.807) is 12.2 Å². The fraction of sp³-hybridized carbons (Fsp3) is 0.417. The highest BCUT2D eigenvalue weighted by Crippen LogP contribution is 2.39. The second-order valence-electron chi connectivity index (χ2n) is 4.62. The monoisotopic (exact) mass is 280 g/mol. The maximum atomic E-state index is 12.2. The van der Waals surface area contributed by atoms with Crippen LogP contribution in [0.5, 0.6) is 0 Å². The van der Waals surface area contributed by atoms with Gasteiger partial charge in [-0.2, -0.15) is 0 Å². The average Bonchev–Trinajstić information content (AvgIpc) is 3.03. The van der Waals surface area contributed by atoms with E-state index in [1.165, 1.54) is 11.3 Å². The van der Waals surface area contributed by atoms with Crippen molar-refractivity contribution in [3.05, 3.63) is 23.2 Å². The van der Waals surface area contributed by atoms with Crippen LogP contribution in [-0.2, 0) is 14.3 Å². The molecule has 1 aromatic rings. The van der Waals surface area contributed by atoms with Crippen LogP contribution in [0.1, 0.15) is 5.69 Å². The number of aromatic nitrogens is 1. The number of carboxylic acid groups (broad SMARTS) is 1. The highest BCUT2D eigenvalue weighted by atomic mass is 32.1. The normalized spacial score (nSPS) is 31.6. The van der Waals surface area contributed by atoms with Crippen molar-refractivity contribution in [2.24, 2.45) is 11.8 Å². The summed E-state index contributed by atoms with van der Waals surface area (Å²) in [5, 5.41) is 14.2. The van der Waals surface area contributed by atoms with Gasteiger partial charge in [-0.3, -0.25) is 9.59 Å². The largest absolute Gasteiger partial charge is 0.481 e. The van der Waals surface area contributed by atoms with Crippen LogP contribution in [-0.4, -0.2) is 34.2 Å². The van der Waals surface area contributed by atoms with Crippen LogP contribution in [0.4, 0.5) is 5.13 Å². The fourth-order valence-corrected chi connectivity index (χ4v) is 3.21. The number of carbonyl (C=O) groups excluding carboxylic acids is 1. The lowest BCUT2D eigenvalue weighted by Crippen LogP contribution is -2.39. The molecule has 0 aliphatic carbocycles. The summed E-state index contributed by atoms with van der Waals surface area (Å²) in [6, 6.07) is 0. The highest BCUT2D eigenvalue weighted by Gasteiger charge is 2.53. The number of carbonyl (C=O) groups is 2. The van der Waals surface area contributed by atoms with Crippen molar-refractivity contribution in [3.63, 3.8) is 0 Å². The topological polar surface area (TPSA) is 88.5 Å². The third-order valence-electron chi connectivity index (χ3n) is 3.34. The molecule has 2 aliphatic rings. The van der Waals surface area contributed by atoms with Gasteiger partial charge in [0.15, 0.2) is 5.13 Å². The Morgan fingerprint density at radius 2 is 2.05 bits per heavy atom. The molecule has 2 aliphatic heterocycles. The van der Waals surface area contributed by atoms with Crippen molar-refractivity contribution in [3.8, 4) is 0 Å². The second-order valence-corrected chi connectivity index (χ2v) is 5.48. The number of carboxylic acids is 1. The van der Waals surface area contributed by atoms with E-state index in [9.17, 15) is 14.7 Å². The number of aliphatic carboxylic acids is 1. The quantitative estimate of drug-likeness (QED) is 0.808. The van der Waals surface area contributed by atoms with Crippen molar-refractivity contribution in [2.45, 2.75) is 19.1 Å². The zero-order valence-electron chi connectivity index (χ0n) is 10.1. The molecular weight excluding hydrogens is 268 g/mol. The summed E-state index contributed by atoms with van der Waals surface area (Å²) in [6.07, 6.45) is 2.51. The standard InChI is InChI=1S/C12H12N2O4S/c1-5-4-19-12(13-5)14-10(15)8-6-2-3-7(18-6)9(8)11(16)17/h2-4,6-9H,1H3,(H,16,17)(H,13,14,15)/t6-,7+,8-,9-/m1/s1. The van der Waals surface area contributed by atoms with Gasteiger partial charge >= 0.3 is 5.97 Å². The maximum absolute atomic E-state index is 12.2. The Labute approximate surface area is 113 Å². The first-order valence-electron chi connectivity index (χ1n) is 5.86. The van der Waals surface area contributed by atoms with Gasteiger partial charge in [-0.25, -0.2) is 4.98 Å². The molecule has 3 rings (SSSR count). The van der Waals surface area contributed by atoms with Gasteiger partial charge in [0.1, 0.15) is 5.92 Å². The Morgan fingerprint density at radius 1 is 1.37 bits per heavy atom. The van der Waals surface area contributed by atoms with E-state index in [0.717, 1.165) is 5.69 Å². The van der Waals surface area contributed by atoms with Crippen LogP contribution in [0.25, 0.3) is 0 Å². The Bertz CT molecular complexity index is 568. The number of rotatable bonds is 3. The summed E-state index contributed by atoms with van der Waals surface area (Å²) in [5.41, 5.74) is 0.819. The third kappa shape index (κ3) is 2.04. The lowest BCUT2D eigenvalue weighted by atomic mass is 9.82. The number of amides is 1. The van der Waals surface area contributed by atoms with Crippen molar-refractivity contribution >= 4 is 28.3 Å². The summed E-state index contributed by atoms with van der Waals surface area (Å²) in [5.74, 6) is -2.88. The predicted molar refractivity (Wildman–Crippen MR) is 67.9 cm³/mol. The molecule has 3 heterocycles. The zero-order valence-corrected chi connectivity index (χ0v) is 10.9. The van der Waals surface area contributed by atoms with E-state index in [2.05, 4.69) is 10.3 Å². The minimum atomic E-state index is -1.01. The lowest BCUT2D eigenvalue weighted by Gasteiger charge is -2.20. The van der Waals surface area contributed by atoms with E-state index in [-0.39, 0.29) is 5.91 Å². The number of thiazole rings is 1. The van der Waals surface area contributed by atoms with Crippen LogP contribution >= 0.6 is 11.3 Å². The van der Waals surface area contributed by atoms with Gasteiger partial charge < -0.3 is 15.2 Å². The number of nitrogens with one attached hydrogen (secondary N) is 1. The molecule has 1 aromatic heterocycles. The average molecular weight is 280 g/mol. The maximum Gasteiger partial charge on any atom is 0.310 e. The van der Waals surface area contributed by atoms with Crippen LogP contribution in [0.2, 0.25) is 0 Å². The first kappa shape index (κ1) is 12.3. The van der Waals surface area contributed by atoms with Gasteiger partial charge in [0.05, 0.1) is 23.8 Å². The van der Waals surface area contributed by atoms with Crippen LogP contribution in [0, 0.1) is 18.8 Å². The van der Waals surface area contributed by atoms with Crippen LogP contribution in [0.15, 0.2) is 17.5 Å². The van der Waals surface area contributed by atoms with Crippen molar-refractivity contribution in [1.29, 1.82) is 0 Å². The smallest absolute Gasteiger partial charge is 0.310 e. The van der Waals surface area contributed by atoms with Gasteiger partial charge in [0.2, 0.25) is 5.91 Å². The van der Waals surface area contributed by atoms with Crippen molar-refractivity contribution in [2.75, 3.05) is 5.32 Å². The van der Waals surface area contributed by atoms with E-state index < -0.39 is 30.0 Å². The molecule has 1 fully saturated rings. The van der Waals surface area contributed by atoms with Crippen molar-refractivity contribution in [1.82, 2.24) is 4.98 Å². The second kappa shape index (κ2) is 4.43. The molecule has 1 amide bonds. The number of aryl methyl sites for hydroxylation is 1. The van der Waals surface area contributed by atoms with Gasteiger partial charge in [-0.15, -0.1) is 11.3 Å². The van der Waals surface area contributed by atoms with E-state index >= 15 is 0 Å². The molecule has 7 heteroatoms. The summed E-state index contributed by atoms with van der Waals surface area (Å²) < 4.78 is 5.45. The Morgan fingerprint density at radius 3 is 2.63 bits per heavy atom. The fourth-order valence-electron chi connectivity index (χ4n) is 2.52. The third-order valence-corrected chi connectivity index (χ3v) is 4.21. The number of hydrogen-bond donors (Lipinski definition) is 2. The zero-order chi connectivity index (χ0) is 13.6. The summed E-state index contributed by atoms with van der Waals surface area (Å²) in [4.78, 5) is 27.6. The first-order chi connectivity index (χ1) is 9.06. The Balaban J connectivity index is 1.79. The molecule has 2 bridgehead atoms. The molecule has 0 aromatic carbocycles. The van der Waals surface area contributed by atoms with E-state index in [0.29, 0.717) is 5.13 Å². The van der Waals surface area contributed by atoms with E-state index in [4.69, 9.17) is 4.74 Å². The molecular formula is C12H12N2O4S. The number of fused-ring (bicyclic) bond motifs is 2. The number of hydrogen-bond acceptors (Lipinski definition) is 5. The summed E-state index contributed by atoms with van der Waals surface area (Å²) in [6.45, 7) is 1.83. The minimum absolute atomic E-state index is 0.349. The number of anilines is 1. The Kier molecular flexibility index (Phi) is 2.87. The molecule has 0 unspecified atom stereocenters. The van der Waals surface area contributed by atoms with Gasteiger partial charge in [0, 0.05) is 5.38 Å². The van der Waals surface area contributed by atoms with Crippen LogP contribution < -0.4 is 5.32 Å². The van der Waals surface area contributed by atoms with Gasteiger partial charge in [-0.1, -0.05) is 12.2 Å². The van der Waals surface area contributed by atoms with Gasteiger partial charge in [0.25, 0.3) is 0 Å². The van der Waals surface area contributed by atoms with Gasteiger partial charge in [-0.05, 0) is 6.92 Å². The molecule has 4 atom stereocenters. The number of nitrogens with zero attached hydrogens (tertiary/aromatic N) is 1. The molecule has 0 radical (unpaired) electrons. The van der Waals surface area contributed by atoms with E-state index in [1.807, 2.05) is 12.3 Å². The predicted octanol–water partition coefficient (Wildman–Crippen LogP) is 1.04. The summed E-state index contributed by atoms with van der Waals surface area (Å²) >= 11 is 1.32. The minimum Gasteiger partial charge on any atom is -0.481 e. The first-order valence-corrected chi connectivity index (χ1v) is 6.74. The SMILES string of the molecule is Cc1csc(NC(=O)[C@H]2[C@H](C(=O)O)[C@@H]3C=C[C@H]2O3)n1. The molecule has 6 nitrogen and oxygen atoms in total. The molecule has 0 spiro atoms. The molecule has 2 N–H and O–H groups in total. The summed E-state index contributed by atoms with van der Waals surface area (Å²) in [7, 11) is 0. The lowest BCUT2D eigenvalue weighted by molar-refractivity contribution is -0.145. The van der Waals surface area contributed by atoms with Crippen LogP contribution in [0.3, 0.4) is 0 Å². The molecule has 0 saturated carbocycles.